The highest BCUT2D eigenvalue weighted by Crippen LogP contribution is 2.59. The average Bonchev–Trinajstić information content (AvgIpc) is 3.74. The number of allylic oxidation sites excluding steroid dienone is 1. The molecule has 6 atom stereocenters. The van der Waals surface area contributed by atoms with Gasteiger partial charge in [0.2, 0.25) is 5.91 Å². The quantitative estimate of drug-likeness (QED) is 0.284. The number of carboxylic acid groups (broad SMARTS) is 1. The molecule has 1 aromatic carbocycles. The van der Waals surface area contributed by atoms with Crippen LogP contribution in [0.1, 0.15) is 50.4 Å². The second-order valence-electron chi connectivity index (χ2n) is 9.99. The van der Waals surface area contributed by atoms with Crippen LogP contribution in [-0.2, 0) is 23.7 Å². The lowest BCUT2D eigenvalue weighted by molar-refractivity contribution is -0.124. The number of rotatable bonds is 9. The van der Waals surface area contributed by atoms with Gasteiger partial charge in [0.15, 0.2) is 0 Å². The molecule has 10 heteroatoms. The van der Waals surface area contributed by atoms with E-state index >= 15 is 0 Å². The smallest absolute Gasteiger partial charge is 0.414 e. The summed E-state index contributed by atoms with van der Waals surface area (Å²) in [5.74, 6) is -1.64. The number of carbonyl (C=O) groups is 3. The van der Waals surface area contributed by atoms with Gasteiger partial charge in [0.25, 0.3) is 0 Å². The molecule has 3 fully saturated rings. The molecule has 0 radical (unpaired) electrons. The monoisotopic (exact) mass is 519 g/mol. The normalized spacial score (nSPS) is 32.4. The largest absolute Gasteiger partial charge is 0.478 e. The molecule has 2 heterocycles. The second kappa shape index (κ2) is 10.5. The van der Waals surface area contributed by atoms with Gasteiger partial charge < -0.3 is 24.1 Å². The van der Waals surface area contributed by atoms with Gasteiger partial charge in [0, 0.05) is 12.0 Å². The fourth-order valence-electron chi connectivity index (χ4n) is 5.23. The van der Waals surface area contributed by atoms with Crippen LogP contribution in [0.4, 0.5) is 4.79 Å². The number of thioether (sulfide) groups is 1. The summed E-state index contributed by atoms with van der Waals surface area (Å²) >= 11 is 1.19. The van der Waals surface area contributed by atoms with Crippen LogP contribution >= 0.6 is 11.8 Å². The predicted molar refractivity (Wildman–Crippen MR) is 132 cm³/mol. The number of amides is 2. The standard InChI is InChI=1S/C26H33NO8S/c1-15(2)5-10-19-25(3,35-19)22-21(32-4)18(11-12-26(22)14-33-26)34-24(31)27-20(28)13-36-17-8-6-16(7-9-17)23(29)30/h5-9,18-19,21-22H,10-14H2,1-4H3,(H,29,30)(H,27,28,31)/t18-,19-,21-,22?,25?,26+/m1/s1. The third-order valence-electron chi connectivity index (χ3n) is 7.21. The Hall–Kier alpha value is -2.40. The predicted octanol–water partition coefficient (Wildman–Crippen LogP) is 3.81. The number of benzene rings is 1. The van der Waals surface area contributed by atoms with Crippen molar-refractivity contribution in [2.75, 3.05) is 19.5 Å². The summed E-state index contributed by atoms with van der Waals surface area (Å²) < 4.78 is 23.6. The van der Waals surface area contributed by atoms with Crippen LogP contribution in [0.5, 0.6) is 0 Å². The minimum atomic E-state index is -1.02. The summed E-state index contributed by atoms with van der Waals surface area (Å²) in [6.07, 6.45) is 2.52. The highest BCUT2D eigenvalue weighted by Gasteiger charge is 2.72. The Kier molecular flexibility index (Phi) is 7.80. The SMILES string of the molecule is CO[C@H]1C(C2(C)O[C@@H]2CC=C(C)C)[C@]2(CC[C@H]1OC(=O)NC(=O)CSc1ccc(C(=O)O)cc1)CO2. The van der Waals surface area contributed by atoms with E-state index < -0.39 is 35.8 Å². The Morgan fingerprint density at radius 1 is 1.25 bits per heavy atom. The highest BCUT2D eigenvalue weighted by atomic mass is 32.2. The third kappa shape index (κ3) is 5.77. The van der Waals surface area contributed by atoms with Crippen molar-refractivity contribution in [1.29, 1.82) is 0 Å². The van der Waals surface area contributed by atoms with Crippen molar-refractivity contribution in [3.05, 3.63) is 41.5 Å². The number of carbonyl (C=O) groups excluding carboxylic acids is 2. The Bertz CT molecular complexity index is 1030. The maximum absolute atomic E-state index is 12.6. The third-order valence-corrected chi connectivity index (χ3v) is 8.22. The van der Waals surface area contributed by atoms with E-state index in [1.807, 2.05) is 0 Å². The number of epoxide rings is 2. The van der Waals surface area contributed by atoms with Crippen molar-refractivity contribution in [1.82, 2.24) is 5.32 Å². The Labute approximate surface area is 214 Å². The van der Waals surface area contributed by atoms with E-state index in [0.717, 1.165) is 12.8 Å². The van der Waals surface area contributed by atoms with Crippen LogP contribution in [-0.4, -0.2) is 72.1 Å². The molecule has 1 saturated carbocycles. The fourth-order valence-corrected chi connectivity index (χ4v) is 5.93. The van der Waals surface area contributed by atoms with Gasteiger partial charge >= 0.3 is 12.1 Å². The minimum absolute atomic E-state index is 0.0164. The topological polar surface area (TPSA) is 127 Å². The molecule has 0 bridgehead atoms. The number of hydrogen-bond acceptors (Lipinski definition) is 8. The van der Waals surface area contributed by atoms with Gasteiger partial charge in [0.05, 0.1) is 29.9 Å². The van der Waals surface area contributed by atoms with Gasteiger partial charge in [0.1, 0.15) is 23.4 Å². The summed E-state index contributed by atoms with van der Waals surface area (Å²) in [5, 5.41) is 11.2. The molecule has 36 heavy (non-hydrogen) atoms. The van der Waals surface area contributed by atoms with E-state index in [2.05, 4.69) is 32.2 Å². The lowest BCUT2D eigenvalue weighted by Gasteiger charge is -2.42. The number of alkyl carbamates (subject to hydrolysis) is 1. The molecule has 0 aromatic heterocycles. The first-order valence-corrected chi connectivity index (χ1v) is 13.0. The summed E-state index contributed by atoms with van der Waals surface area (Å²) in [4.78, 5) is 36.5. The summed E-state index contributed by atoms with van der Waals surface area (Å²) in [7, 11) is 1.60. The Morgan fingerprint density at radius 2 is 1.94 bits per heavy atom. The van der Waals surface area contributed by atoms with Crippen molar-refractivity contribution in [2.24, 2.45) is 5.92 Å². The number of methoxy groups -OCH3 is 1. The molecule has 3 aliphatic rings. The Morgan fingerprint density at radius 3 is 2.53 bits per heavy atom. The summed E-state index contributed by atoms with van der Waals surface area (Å²) in [5.41, 5.74) is 0.631. The molecule has 1 spiro atoms. The fraction of sp³-hybridized carbons (Fsp3) is 0.577. The first kappa shape index (κ1) is 26.7. The molecular formula is C26H33NO8S. The number of nitrogens with one attached hydrogen (secondary N) is 1. The van der Waals surface area contributed by atoms with Gasteiger partial charge in [-0.2, -0.15) is 0 Å². The molecule has 4 rings (SSSR count). The zero-order valence-electron chi connectivity index (χ0n) is 20.9. The van der Waals surface area contributed by atoms with Gasteiger partial charge in [-0.1, -0.05) is 11.6 Å². The number of ether oxygens (including phenoxy) is 4. The van der Waals surface area contributed by atoms with Crippen LogP contribution in [0, 0.1) is 5.92 Å². The van der Waals surface area contributed by atoms with E-state index in [1.165, 1.54) is 29.5 Å². The molecule has 2 saturated heterocycles. The van der Waals surface area contributed by atoms with Crippen LogP contribution in [0.15, 0.2) is 40.8 Å². The molecule has 2 amide bonds. The van der Waals surface area contributed by atoms with Crippen LogP contribution in [0.2, 0.25) is 0 Å². The molecule has 2 unspecified atom stereocenters. The minimum Gasteiger partial charge on any atom is -0.478 e. The van der Waals surface area contributed by atoms with Crippen molar-refractivity contribution in [3.8, 4) is 0 Å². The Balaban J connectivity index is 1.32. The van der Waals surface area contributed by atoms with Crippen molar-refractivity contribution < 1.29 is 38.4 Å². The molecule has 9 nitrogen and oxygen atoms in total. The van der Waals surface area contributed by atoms with E-state index in [4.69, 9.17) is 24.1 Å². The van der Waals surface area contributed by atoms with Gasteiger partial charge in [-0.25, -0.2) is 9.59 Å². The molecule has 2 N–H and O–H groups in total. The maximum Gasteiger partial charge on any atom is 0.414 e. The molecule has 196 valence electrons. The number of imide groups is 1. The van der Waals surface area contributed by atoms with Gasteiger partial charge in [-0.15, -0.1) is 11.8 Å². The summed E-state index contributed by atoms with van der Waals surface area (Å²) in [6, 6.07) is 6.16. The van der Waals surface area contributed by atoms with Gasteiger partial charge in [-0.05, 0) is 64.3 Å². The lowest BCUT2D eigenvalue weighted by atomic mass is 9.68. The number of hydrogen-bond donors (Lipinski definition) is 2. The first-order valence-electron chi connectivity index (χ1n) is 12.0. The van der Waals surface area contributed by atoms with Crippen molar-refractivity contribution in [2.45, 2.75) is 74.4 Å². The zero-order valence-corrected chi connectivity index (χ0v) is 21.8. The molecule has 1 aromatic rings. The van der Waals surface area contributed by atoms with Crippen molar-refractivity contribution in [3.63, 3.8) is 0 Å². The maximum atomic E-state index is 12.6. The van der Waals surface area contributed by atoms with E-state index in [9.17, 15) is 14.4 Å². The van der Waals surface area contributed by atoms with Crippen LogP contribution in [0.25, 0.3) is 0 Å². The van der Waals surface area contributed by atoms with Crippen LogP contribution in [0.3, 0.4) is 0 Å². The van der Waals surface area contributed by atoms with Gasteiger partial charge in [-0.3, -0.25) is 10.1 Å². The van der Waals surface area contributed by atoms with Crippen LogP contribution < -0.4 is 5.32 Å². The van der Waals surface area contributed by atoms with Crippen molar-refractivity contribution >= 4 is 29.7 Å². The molecule has 1 aliphatic carbocycles. The second-order valence-corrected chi connectivity index (χ2v) is 11.0. The van der Waals surface area contributed by atoms with E-state index in [1.54, 1.807) is 19.2 Å². The number of carboxylic acids is 1. The zero-order chi connectivity index (χ0) is 26.1. The van der Waals surface area contributed by atoms with E-state index in [-0.39, 0.29) is 28.9 Å². The lowest BCUT2D eigenvalue weighted by Crippen LogP contribution is -2.56. The average molecular weight is 520 g/mol. The molecular weight excluding hydrogens is 486 g/mol. The van der Waals surface area contributed by atoms with E-state index in [0.29, 0.717) is 17.9 Å². The summed E-state index contributed by atoms with van der Waals surface area (Å²) in [6.45, 7) is 6.82. The first-order chi connectivity index (χ1) is 17.1. The number of aromatic carboxylic acids is 1. The molecule has 2 aliphatic heterocycles. The highest BCUT2D eigenvalue weighted by molar-refractivity contribution is 8.00.